The molecule has 0 unspecified atom stereocenters. The van der Waals surface area contributed by atoms with Gasteiger partial charge in [-0.3, -0.25) is 0 Å². The molecule has 2 fully saturated rings. The maximum Gasteiger partial charge on any atom is 0.213 e. The van der Waals surface area contributed by atoms with Crippen LogP contribution in [0.3, 0.4) is 0 Å². The number of nitrogens with zero attached hydrogens (tertiary/aromatic N) is 2. The van der Waals surface area contributed by atoms with Crippen LogP contribution in [0.15, 0.2) is 24.4 Å². The second-order valence-electron chi connectivity index (χ2n) is 5.96. The quantitative estimate of drug-likeness (QED) is 0.845. The van der Waals surface area contributed by atoms with Crippen LogP contribution in [-0.4, -0.2) is 43.7 Å². The maximum atomic E-state index is 11.8. The molecule has 6 heteroatoms. The Balaban J connectivity index is 1.73. The van der Waals surface area contributed by atoms with Crippen molar-refractivity contribution in [3.8, 4) is 5.88 Å². The highest BCUT2D eigenvalue weighted by Crippen LogP contribution is 2.49. The smallest absolute Gasteiger partial charge is 0.213 e. The lowest BCUT2D eigenvalue weighted by atomic mass is 9.82. The van der Waals surface area contributed by atoms with Gasteiger partial charge in [0.15, 0.2) is 0 Å². The summed E-state index contributed by atoms with van der Waals surface area (Å²) in [5.74, 6) is 1.03. The van der Waals surface area contributed by atoms with Gasteiger partial charge in [-0.05, 0) is 24.8 Å². The molecule has 2 aliphatic rings. The zero-order valence-electron chi connectivity index (χ0n) is 11.7. The Labute approximate surface area is 120 Å². The summed E-state index contributed by atoms with van der Waals surface area (Å²) in [5.41, 5.74) is -0.0272. The SMILES string of the molecule is CS(=O)(=O)N1C[C@H]2CCC[C@@]2(COc2ccccn2)C1. The van der Waals surface area contributed by atoms with Crippen LogP contribution in [0.2, 0.25) is 0 Å². The van der Waals surface area contributed by atoms with Gasteiger partial charge in [-0.1, -0.05) is 12.5 Å². The third kappa shape index (κ3) is 2.54. The number of rotatable bonds is 4. The van der Waals surface area contributed by atoms with Gasteiger partial charge in [-0.25, -0.2) is 17.7 Å². The highest BCUT2D eigenvalue weighted by Gasteiger charge is 2.52. The first kappa shape index (κ1) is 13.8. The van der Waals surface area contributed by atoms with Gasteiger partial charge in [0.05, 0.1) is 12.9 Å². The van der Waals surface area contributed by atoms with Gasteiger partial charge in [-0.2, -0.15) is 0 Å². The van der Waals surface area contributed by atoms with Crippen molar-refractivity contribution < 1.29 is 13.2 Å². The molecule has 20 heavy (non-hydrogen) atoms. The average Bonchev–Trinajstić information content (AvgIpc) is 2.94. The van der Waals surface area contributed by atoms with Crippen molar-refractivity contribution in [2.24, 2.45) is 11.3 Å². The minimum atomic E-state index is -3.10. The Hall–Kier alpha value is -1.14. The van der Waals surface area contributed by atoms with Crippen molar-refractivity contribution in [2.45, 2.75) is 19.3 Å². The summed E-state index contributed by atoms with van der Waals surface area (Å²) < 4.78 is 30.9. The molecule has 0 bridgehead atoms. The molecule has 2 atom stereocenters. The molecule has 110 valence electrons. The van der Waals surface area contributed by atoms with E-state index in [1.54, 1.807) is 10.5 Å². The first-order chi connectivity index (χ1) is 9.50. The topological polar surface area (TPSA) is 59.5 Å². The van der Waals surface area contributed by atoms with E-state index < -0.39 is 10.0 Å². The molecule has 1 aromatic heterocycles. The zero-order chi connectivity index (χ0) is 14.2. The van der Waals surface area contributed by atoms with Crippen LogP contribution in [0.5, 0.6) is 5.88 Å². The van der Waals surface area contributed by atoms with Crippen LogP contribution in [0.4, 0.5) is 0 Å². The van der Waals surface area contributed by atoms with E-state index in [-0.39, 0.29) is 5.41 Å². The molecule has 1 aliphatic heterocycles. The van der Waals surface area contributed by atoms with E-state index in [1.807, 2.05) is 18.2 Å². The highest BCUT2D eigenvalue weighted by atomic mass is 32.2. The zero-order valence-corrected chi connectivity index (χ0v) is 12.5. The number of fused-ring (bicyclic) bond motifs is 1. The Bertz CT molecular complexity index is 575. The van der Waals surface area contributed by atoms with Gasteiger partial charge in [0.1, 0.15) is 0 Å². The van der Waals surface area contributed by atoms with Crippen LogP contribution in [-0.2, 0) is 10.0 Å². The third-order valence-electron chi connectivity index (χ3n) is 4.62. The Morgan fingerprint density at radius 1 is 1.50 bits per heavy atom. The van der Waals surface area contributed by atoms with E-state index in [2.05, 4.69) is 4.98 Å². The van der Waals surface area contributed by atoms with Crippen molar-refractivity contribution in [3.63, 3.8) is 0 Å². The average molecular weight is 296 g/mol. The van der Waals surface area contributed by atoms with Gasteiger partial charge in [-0.15, -0.1) is 0 Å². The fraction of sp³-hybridized carbons (Fsp3) is 0.643. The summed E-state index contributed by atoms with van der Waals surface area (Å²) in [6.07, 6.45) is 6.29. The van der Waals surface area contributed by atoms with E-state index in [0.717, 1.165) is 19.3 Å². The fourth-order valence-corrected chi connectivity index (χ4v) is 4.45. The molecule has 0 spiro atoms. The third-order valence-corrected chi connectivity index (χ3v) is 5.84. The molecule has 5 nitrogen and oxygen atoms in total. The molecule has 1 aliphatic carbocycles. The van der Waals surface area contributed by atoms with Crippen LogP contribution in [0.25, 0.3) is 0 Å². The molecule has 3 rings (SSSR count). The summed E-state index contributed by atoms with van der Waals surface area (Å²) >= 11 is 0. The van der Waals surface area contributed by atoms with Gasteiger partial charge in [0.25, 0.3) is 0 Å². The number of sulfonamides is 1. The Morgan fingerprint density at radius 2 is 2.35 bits per heavy atom. The first-order valence-corrected chi connectivity index (χ1v) is 8.83. The molecule has 1 saturated carbocycles. The number of aromatic nitrogens is 1. The largest absolute Gasteiger partial charge is 0.477 e. The van der Waals surface area contributed by atoms with Gasteiger partial charge in [0.2, 0.25) is 15.9 Å². The van der Waals surface area contributed by atoms with Crippen molar-refractivity contribution in [2.75, 3.05) is 26.0 Å². The van der Waals surface area contributed by atoms with Crippen molar-refractivity contribution in [3.05, 3.63) is 24.4 Å². The Kier molecular flexibility index (Phi) is 3.46. The fourth-order valence-electron chi connectivity index (χ4n) is 3.50. The normalized spacial score (nSPS) is 30.4. The van der Waals surface area contributed by atoms with E-state index in [1.165, 1.54) is 6.26 Å². The standard InChI is InChI=1S/C14H20N2O3S/c1-20(17,18)16-9-12-5-4-7-14(12,10-16)11-19-13-6-2-3-8-15-13/h2-3,6,8,12H,4-5,7,9-11H2,1H3/t12-,14+/m1/s1. The molecule has 0 amide bonds. The molecule has 2 heterocycles. The summed E-state index contributed by atoms with van der Waals surface area (Å²) in [6, 6.07) is 5.58. The van der Waals surface area contributed by atoms with Gasteiger partial charge in [0, 0.05) is 30.8 Å². The molecular formula is C14H20N2O3S. The van der Waals surface area contributed by atoms with E-state index in [4.69, 9.17) is 4.74 Å². The second-order valence-corrected chi connectivity index (χ2v) is 7.95. The predicted octanol–water partition coefficient (Wildman–Crippen LogP) is 1.52. The lowest BCUT2D eigenvalue weighted by molar-refractivity contribution is 0.130. The van der Waals surface area contributed by atoms with E-state index in [0.29, 0.717) is 31.5 Å². The minimum absolute atomic E-state index is 0.0272. The Morgan fingerprint density at radius 3 is 3.05 bits per heavy atom. The number of ether oxygens (including phenoxy) is 1. The lowest BCUT2D eigenvalue weighted by Crippen LogP contribution is -2.35. The maximum absolute atomic E-state index is 11.8. The van der Waals surface area contributed by atoms with Crippen molar-refractivity contribution >= 4 is 10.0 Å². The van der Waals surface area contributed by atoms with Crippen molar-refractivity contribution in [1.82, 2.24) is 9.29 Å². The summed E-state index contributed by atoms with van der Waals surface area (Å²) in [4.78, 5) is 4.16. The predicted molar refractivity (Wildman–Crippen MR) is 75.9 cm³/mol. The van der Waals surface area contributed by atoms with Crippen LogP contribution in [0, 0.1) is 11.3 Å². The second kappa shape index (κ2) is 5.00. The van der Waals surface area contributed by atoms with Crippen molar-refractivity contribution in [1.29, 1.82) is 0 Å². The minimum Gasteiger partial charge on any atom is -0.477 e. The molecule has 0 N–H and O–H groups in total. The summed E-state index contributed by atoms with van der Waals surface area (Å²) in [5, 5.41) is 0. The first-order valence-electron chi connectivity index (χ1n) is 6.99. The summed E-state index contributed by atoms with van der Waals surface area (Å²) in [7, 11) is -3.10. The molecule has 0 aromatic carbocycles. The van der Waals surface area contributed by atoms with Gasteiger partial charge < -0.3 is 4.74 Å². The number of hydrogen-bond donors (Lipinski definition) is 0. The van der Waals surface area contributed by atoms with Gasteiger partial charge >= 0.3 is 0 Å². The molecular weight excluding hydrogens is 276 g/mol. The van der Waals surface area contributed by atoms with Crippen LogP contribution < -0.4 is 4.74 Å². The molecule has 1 saturated heterocycles. The van der Waals surface area contributed by atoms with Crippen LogP contribution >= 0.6 is 0 Å². The number of pyridine rings is 1. The molecule has 1 aromatic rings. The van der Waals surface area contributed by atoms with E-state index >= 15 is 0 Å². The monoisotopic (exact) mass is 296 g/mol. The van der Waals surface area contributed by atoms with Crippen LogP contribution in [0.1, 0.15) is 19.3 Å². The van der Waals surface area contributed by atoms with E-state index in [9.17, 15) is 8.42 Å². The summed E-state index contributed by atoms with van der Waals surface area (Å²) in [6.45, 7) is 1.79. The highest BCUT2D eigenvalue weighted by molar-refractivity contribution is 7.88. The molecule has 0 radical (unpaired) electrons. The lowest BCUT2D eigenvalue weighted by Gasteiger charge is -2.28. The number of hydrogen-bond acceptors (Lipinski definition) is 4.